The Bertz CT molecular complexity index is 2040. The zero-order valence-electron chi connectivity index (χ0n) is 21.8. The van der Waals surface area contributed by atoms with E-state index in [9.17, 15) is 4.79 Å². The van der Waals surface area contributed by atoms with Crippen LogP contribution >= 0.6 is 55.1 Å². The van der Waals surface area contributed by atoms with Crippen LogP contribution in [0.15, 0.2) is 102 Å². The predicted molar refractivity (Wildman–Crippen MR) is 173 cm³/mol. The molecule has 42 heavy (non-hydrogen) atoms. The van der Waals surface area contributed by atoms with Crippen molar-refractivity contribution in [3.63, 3.8) is 0 Å². The second-order valence-corrected chi connectivity index (χ2v) is 11.5. The summed E-state index contributed by atoms with van der Waals surface area (Å²) in [6.07, 6.45) is 1.55. The number of rotatable bonds is 7. The third kappa shape index (κ3) is 5.45. The topological polar surface area (TPSA) is 78.9 Å². The average molecular weight is 728 g/mol. The molecule has 0 saturated carbocycles. The van der Waals surface area contributed by atoms with Crippen LogP contribution < -0.4 is 15.0 Å². The third-order valence-corrected chi connectivity index (χ3v) is 9.34. The Morgan fingerprint density at radius 2 is 1.76 bits per heavy atom. The number of benzene rings is 4. The third-order valence-electron chi connectivity index (χ3n) is 6.45. The molecule has 0 atom stereocenters. The standard InChI is InChI=1S/C31H19Br2Cl2N3O4/c1-40-25-14-19(27(32)28(33)29(25)41-16-17-10-11-21(34)22(35)12-17)15-36-38-30(26-13-18-6-2-5-9-24(18)42-26)37-23-8-4-3-7-20(23)31(38)39/h2-15H,16H2,1H3. The Labute approximate surface area is 266 Å². The first kappa shape index (κ1) is 28.5. The summed E-state index contributed by atoms with van der Waals surface area (Å²) >= 11 is 19.4. The van der Waals surface area contributed by atoms with Crippen LogP contribution in [0.3, 0.4) is 0 Å². The number of para-hydroxylation sites is 2. The van der Waals surface area contributed by atoms with Gasteiger partial charge in [0.2, 0.25) is 5.82 Å². The van der Waals surface area contributed by atoms with Gasteiger partial charge in [-0.15, -0.1) is 0 Å². The van der Waals surface area contributed by atoms with Gasteiger partial charge in [-0.05, 0) is 79.9 Å². The quantitative estimate of drug-likeness (QED) is 0.153. The number of hydrogen-bond donors (Lipinski definition) is 0. The van der Waals surface area contributed by atoms with Crippen molar-refractivity contribution in [3.8, 4) is 23.1 Å². The summed E-state index contributed by atoms with van der Waals surface area (Å²) in [7, 11) is 1.54. The SMILES string of the molecule is COc1cc(C=Nn2c(-c3cc4ccccc4o3)nc3ccccc3c2=O)c(Br)c(Br)c1OCc1ccc(Cl)c(Cl)c1. The predicted octanol–water partition coefficient (Wildman–Crippen LogP) is 9.11. The highest BCUT2D eigenvalue weighted by atomic mass is 79.9. The van der Waals surface area contributed by atoms with E-state index in [0.29, 0.717) is 58.3 Å². The minimum absolute atomic E-state index is 0.227. The lowest BCUT2D eigenvalue weighted by Crippen LogP contribution is -2.20. The van der Waals surface area contributed by atoms with Crippen LogP contribution in [0.5, 0.6) is 11.5 Å². The highest BCUT2D eigenvalue weighted by Crippen LogP contribution is 2.43. The molecule has 6 rings (SSSR count). The summed E-state index contributed by atoms with van der Waals surface area (Å²) in [6, 6.07) is 23.6. The molecule has 0 unspecified atom stereocenters. The zero-order valence-corrected chi connectivity index (χ0v) is 26.5. The van der Waals surface area contributed by atoms with Crippen LogP contribution in [-0.2, 0) is 6.61 Å². The number of nitrogens with zero attached hydrogens (tertiary/aromatic N) is 3. The highest BCUT2D eigenvalue weighted by Gasteiger charge is 2.19. The molecule has 7 nitrogen and oxygen atoms in total. The van der Waals surface area contributed by atoms with Crippen molar-refractivity contribution in [2.45, 2.75) is 6.61 Å². The number of halogens is 4. The Hall–Kier alpha value is -3.63. The van der Waals surface area contributed by atoms with E-state index in [2.05, 4.69) is 37.0 Å². The number of aromatic nitrogens is 2. The van der Waals surface area contributed by atoms with Gasteiger partial charge in [0.05, 0.1) is 38.7 Å². The van der Waals surface area contributed by atoms with Crippen molar-refractivity contribution in [2.75, 3.05) is 7.11 Å². The Balaban J connectivity index is 1.41. The first-order valence-corrected chi connectivity index (χ1v) is 14.9. The van der Waals surface area contributed by atoms with Gasteiger partial charge in [-0.3, -0.25) is 4.79 Å². The normalized spacial score (nSPS) is 11.5. The first-order valence-electron chi connectivity index (χ1n) is 12.5. The molecule has 2 heterocycles. The number of fused-ring (bicyclic) bond motifs is 2. The van der Waals surface area contributed by atoms with Gasteiger partial charge in [0.1, 0.15) is 12.2 Å². The lowest BCUT2D eigenvalue weighted by molar-refractivity contribution is 0.282. The molecule has 210 valence electrons. The molecule has 0 aliphatic heterocycles. The van der Waals surface area contributed by atoms with Crippen molar-refractivity contribution in [1.29, 1.82) is 0 Å². The highest BCUT2D eigenvalue weighted by molar-refractivity contribution is 9.13. The molecule has 4 aromatic carbocycles. The van der Waals surface area contributed by atoms with Crippen molar-refractivity contribution in [1.82, 2.24) is 9.66 Å². The fourth-order valence-electron chi connectivity index (χ4n) is 4.37. The van der Waals surface area contributed by atoms with E-state index >= 15 is 0 Å². The molecular formula is C31H19Br2Cl2N3O4. The van der Waals surface area contributed by atoms with E-state index in [0.717, 1.165) is 10.9 Å². The van der Waals surface area contributed by atoms with Crippen molar-refractivity contribution in [2.24, 2.45) is 5.10 Å². The van der Waals surface area contributed by atoms with Crippen LogP contribution in [0.2, 0.25) is 10.0 Å². The van der Waals surface area contributed by atoms with Gasteiger partial charge in [-0.25, -0.2) is 4.98 Å². The van der Waals surface area contributed by atoms with E-state index in [1.54, 1.807) is 49.7 Å². The number of furan rings is 1. The lowest BCUT2D eigenvalue weighted by Gasteiger charge is -2.15. The molecular weight excluding hydrogens is 709 g/mol. The maximum atomic E-state index is 13.6. The van der Waals surface area contributed by atoms with E-state index in [1.807, 2.05) is 42.5 Å². The van der Waals surface area contributed by atoms with Crippen molar-refractivity contribution in [3.05, 3.63) is 119 Å². The molecule has 0 amide bonds. The van der Waals surface area contributed by atoms with Crippen LogP contribution in [0.25, 0.3) is 33.5 Å². The number of hydrogen-bond acceptors (Lipinski definition) is 6. The van der Waals surface area contributed by atoms with Crippen molar-refractivity contribution < 1.29 is 13.9 Å². The van der Waals surface area contributed by atoms with Gasteiger partial charge in [0, 0.05) is 15.4 Å². The Morgan fingerprint density at radius 3 is 2.55 bits per heavy atom. The van der Waals surface area contributed by atoms with E-state index in [4.69, 9.17) is 42.1 Å². The van der Waals surface area contributed by atoms with E-state index in [1.165, 1.54) is 4.68 Å². The minimum atomic E-state index is -0.337. The molecule has 0 aliphatic rings. The fraction of sp³-hybridized carbons (Fsp3) is 0.0645. The molecule has 2 aromatic heterocycles. The maximum absolute atomic E-state index is 13.6. The van der Waals surface area contributed by atoms with Gasteiger partial charge in [-0.1, -0.05) is 59.6 Å². The molecule has 0 aliphatic carbocycles. The van der Waals surface area contributed by atoms with Gasteiger partial charge >= 0.3 is 0 Å². The van der Waals surface area contributed by atoms with Gasteiger partial charge in [0.15, 0.2) is 17.3 Å². The lowest BCUT2D eigenvalue weighted by atomic mass is 10.2. The summed E-state index contributed by atoms with van der Waals surface area (Å²) < 4.78 is 20.3. The summed E-state index contributed by atoms with van der Waals surface area (Å²) in [5, 5.41) is 6.80. The smallest absolute Gasteiger partial charge is 0.282 e. The summed E-state index contributed by atoms with van der Waals surface area (Å²) in [6.45, 7) is 0.227. The molecule has 0 N–H and O–H groups in total. The second-order valence-electron chi connectivity index (χ2n) is 9.12. The number of ether oxygens (including phenoxy) is 2. The van der Waals surface area contributed by atoms with Crippen LogP contribution in [0.1, 0.15) is 11.1 Å². The minimum Gasteiger partial charge on any atom is -0.493 e. The first-order chi connectivity index (χ1) is 20.3. The van der Waals surface area contributed by atoms with Gasteiger partial charge in [-0.2, -0.15) is 9.78 Å². The summed E-state index contributed by atoms with van der Waals surface area (Å²) in [5.74, 6) is 1.61. The largest absolute Gasteiger partial charge is 0.493 e. The molecule has 11 heteroatoms. The second kappa shape index (κ2) is 11.9. The maximum Gasteiger partial charge on any atom is 0.282 e. The molecule has 0 spiro atoms. The molecule has 0 radical (unpaired) electrons. The average Bonchev–Trinajstić information content (AvgIpc) is 3.44. The van der Waals surface area contributed by atoms with Gasteiger partial charge < -0.3 is 13.9 Å². The number of methoxy groups -OCH3 is 1. The van der Waals surface area contributed by atoms with E-state index < -0.39 is 0 Å². The zero-order chi connectivity index (χ0) is 29.4. The fourth-order valence-corrected chi connectivity index (χ4v) is 5.63. The van der Waals surface area contributed by atoms with E-state index in [-0.39, 0.29) is 18.0 Å². The monoisotopic (exact) mass is 725 g/mol. The Kier molecular flexibility index (Phi) is 8.09. The van der Waals surface area contributed by atoms with Crippen LogP contribution in [0, 0.1) is 0 Å². The molecule has 0 saturated heterocycles. The molecule has 0 fully saturated rings. The summed E-state index contributed by atoms with van der Waals surface area (Å²) in [4.78, 5) is 18.4. The Morgan fingerprint density at radius 1 is 0.976 bits per heavy atom. The molecule has 6 aromatic rings. The van der Waals surface area contributed by atoms with Crippen LogP contribution in [0.4, 0.5) is 0 Å². The van der Waals surface area contributed by atoms with Crippen LogP contribution in [-0.4, -0.2) is 23.0 Å². The van der Waals surface area contributed by atoms with Gasteiger partial charge in [0.25, 0.3) is 5.56 Å². The van der Waals surface area contributed by atoms with Crippen molar-refractivity contribution >= 4 is 83.1 Å². The summed E-state index contributed by atoms with van der Waals surface area (Å²) in [5.41, 5.74) is 2.34. The molecule has 0 bridgehead atoms.